The number of hydrogen-bond donors (Lipinski definition) is 1. The molecule has 1 N–H and O–H groups in total. The third kappa shape index (κ3) is 3.58. The zero-order chi connectivity index (χ0) is 17.2. The Morgan fingerprint density at radius 2 is 2.20 bits per heavy atom. The first kappa shape index (κ1) is 15.9. The number of anilines is 1. The standard InChI is InChI=1S/C19H19N3O2S/c1-22-10-16(9-20-22)21-19(23)18-7-13(12-25-18)11-24-17-6-5-14-3-2-4-15(14)8-17/h5-10,12H,2-4,11H2,1H3,(H,21,23). The van der Waals surface area contributed by atoms with Crippen LogP contribution < -0.4 is 10.1 Å². The molecule has 0 radical (unpaired) electrons. The first-order valence-corrected chi connectivity index (χ1v) is 9.17. The van der Waals surface area contributed by atoms with E-state index in [2.05, 4.69) is 22.5 Å². The Hall–Kier alpha value is -2.60. The Morgan fingerprint density at radius 3 is 3.04 bits per heavy atom. The van der Waals surface area contributed by atoms with Crippen molar-refractivity contribution in [1.82, 2.24) is 9.78 Å². The molecule has 1 amide bonds. The second-order valence-electron chi connectivity index (χ2n) is 6.25. The van der Waals surface area contributed by atoms with Gasteiger partial charge in [0.25, 0.3) is 5.91 Å². The lowest BCUT2D eigenvalue weighted by Gasteiger charge is -2.07. The number of aryl methyl sites for hydroxylation is 3. The van der Waals surface area contributed by atoms with Crippen LogP contribution in [0.4, 0.5) is 5.69 Å². The molecule has 0 spiro atoms. The van der Waals surface area contributed by atoms with Gasteiger partial charge in [0.2, 0.25) is 0 Å². The molecule has 0 atom stereocenters. The highest BCUT2D eigenvalue weighted by Gasteiger charge is 2.13. The van der Waals surface area contributed by atoms with Crippen LogP contribution in [0.1, 0.15) is 32.8 Å². The summed E-state index contributed by atoms with van der Waals surface area (Å²) in [5, 5.41) is 8.85. The van der Waals surface area contributed by atoms with Gasteiger partial charge >= 0.3 is 0 Å². The number of nitrogens with one attached hydrogen (secondary N) is 1. The molecule has 1 aliphatic carbocycles. The summed E-state index contributed by atoms with van der Waals surface area (Å²) in [6.07, 6.45) is 6.95. The predicted octanol–water partition coefficient (Wildman–Crippen LogP) is 3.80. The monoisotopic (exact) mass is 353 g/mol. The molecular formula is C19H19N3O2S. The van der Waals surface area contributed by atoms with Crippen LogP contribution in [0.25, 0.3) is 0 Å². The fourth-order valence-electron chi connectivity index (χ4n) is 3.05. The van der Waals surface area contributed by atoms with Gasteiger partial charge in [0.15, 0.2) is 0 Å². The molecule has 0 bridgehead atoms. The lowest BCUT2D eigenvalue weighted by atomic mass is 10.1. The van der Waals surface area contributed by atoms with E-state index in [9.17, 15) is 4.79 Å². The number of hydrogen-bond acceptors (Lipinski definition) is 4. The zero-order valence-electron chi connectivity index (χ0n) is 14.0. The highest BCUT2D eigenvalue weighted by atomic mass is 32.1. The summed E-state index contributed by atoms with van der Waals surface area (Å²) in [6.45, 7) is 0.468. The van der Waals surface area contributed by atoms with Gasteiger partial charge in [-0.1, -0.05) is 6.07 Å². The molecule has 0 saturated heterocycles. The van der Waals surface area contributed by atoms with E-state index in [-0.39, 0.29) is 5.91 Å². The Labute approximate surface area is 150 Å². The quantitative estimate of drug-likeness (QED) is 0.759. The van der Waals surface area contributed by atoms with E-state index < -0.39 is 0 Å². The number of carbonyl (C=O) groups excluding carboxylic acids is 1. The van der Waals surface area contributed by atoms with Crippen molar-refractivity contribution in [1.29, 1.82) is 0 Å². The minimum atomic E-state index is -0.123. The first-order chi connectivity index (χ1) is 12.2. The molecule has 6 heteroatoms. The molecule has 4 rings (SSSR count). The van der Waals surface area contributed by atoms with E-state index in [0.29, 0.717) is 17.2 Å². The molecule has 0 unspecified atom stereocenters. The Balaban J connectivity index is 1.37. The van der Waals surface area contributed by atoms with E-state index in [0.717, 1.165) is 17.7 Å². The van der Waals surface area contributed by atoms with Gasteiger partial charge in [-0.25, -0.2) is 0 Å². The molecular weight excluding hydrogens is 334 g/mol. The van der Waals surface area contributed by atoms with Crippen LogP contribution in [0.2, 0.25) is 0 Å². The maximum atomic E-state index is 12.3. The van der Waals surface area contributed by atoms with Crippen molar-refractivity contribution in [3.8, 4) is 5.75 Å². The maximum absolute atomic E-state index is 12.3. The first-order valence-electron chi connectivity index (χ1n) is 8.29. The van der Waals surface area contributed by atoms with Crippen LogP contribution in [0.5, 0.6) is 5.75 Å². The summed E-state index contributed by atoms with van der Waals surface area (Å²) in [7, 11) is 1.81. The number of rotatable bonds is 5. The van der Waals surface area contributed by atoms with Crippen LogP contribution in [0, 0.1) is 0 Å². The van der Waals surface area contributed by atoms with Crippen molar-refractivity contribution in [2.24, 2.45) is 7.05 Å². The lowest BCUT2D eigenvalue weighted by molar-refractivity contribution is 0.103. The molecule has 0 aliphatic heterocycles. The van der Waals surface area contributed by atoms with E-state index in [4.69, 9.17) is 4.74 Å². The summed E-state index contributed by atoms with van der Waals surface area (Å²) >= 11 is 1.42. The third-order valence-corrected chi connectivity index (χ3v) is 5.29. The van der Waals surface area contributed by atoms with Crippen LogP contribution in [-0.4, -0.2) is 15.7 Å². The molecule has 1 aromatic carbocycles. The number of carbonyl (C=O) groups is 1. The SMILES string of the molecule is Cn1cc(NC(=O)c2cc(COc3ccc4c(c3)CCC4)cs2)cn1. The van der Waals surface area contributed by atoms with E-state index in [1.54, 1.807) is 17.1 Å². The van der Waals surface area contributed by atoms with Crippen molar-refractivity contribution in [3.63, 3.8) is 0 Å². The average Bonchev–Trinajstić information content (AvgIpc) is 3.33. The lowest BCUT2D eigenvalue weighted by Crippen LogP contribution is -2.09. The van der Waals surface area contributed by atoms with Crippen molar-refractivity contribution >= 4 is 22.9 Å². The number of aromatic nitrogens is 2. The largest absolute Gasteiger partial charge is 0.489 e. The van der Waals surface area contributed by atoms with Crippen LogP contribution >= 0.6 is 11.3 Å². The van der Waals surface area contributed by atoms with Crippen molar-refractivity contribution in [2.45, 2.75) is 25.9 Å². The Morgan fingerprint density at radius 1 is 1.32 bits per heavy atom. The van der Waals surface area contributed by atoms with Gasteiger partial charge in [-0.2, -0.15) is 5.10 Å². The molecule has 0 saturated carbocycles. The molecule has 2 heterocycles. The Bertz CT molecular complexity index is 913. The van der Waals surface area contributed by atoms with Gasteiger partial charge in [-0.05, 0) is 54.0 Å². The van der Waals surface area contributed by atoms with Crippen molar-refractivity contribution in [3.05, 3.63) is 63.6 Å². The fourth-order valence-corrected chi connectivity index (χ4v) is 3.85. The molecule has 1 aliphatic rings. The van der Waals surface area contributed by atoms with Gasteiger partial charge < -0.3 is 10.1 Å². The molecule has 128 valence electrons. The highest BCUT2D eigenvalue weighted by molar-refractivity contribution is 7.12. The third-order valence-electron chi connectivity index (χ3n) is 4.32. The molecule has 3 aromatic rings. The molecule has 2 aromatic heterocycles. The van der Waals surface area contributed by atoms with Crippen molar-refractivity contribution in [2.75, 3.05) is 5.32 Å². The average molecular weight is 353 g/mol. The minimum absolute atomic E-state index is 0.123. The van der Waals surface area contributed by atoms with Gasteiger partial charge in [0.1, 0.15) is 12.4 Å². The van der Waals surface area contributed by atoms with Crippen LogP contribution in [0.15, 0.2) is 42.0 Å². The van der Waals surface area contributed by atoms with E-state index in [1.165, 1.54) is 35.3 Å². The second kappa shape index (κ2) is 6.72. The molecule has 25 heavy (non-hydrogen) atoms. The van der Waals surface area contributed by atoms with Crippen LogP contribution in [0.3, 0.4) is 0 Å². The summed E-state index contributed by atoms with van der Waals surface area (Å²) in [4.78, 5) is 12.9. The second-order valence-corrected chi connectivity index (χ2v) is 7.16. The van der Waals surface area contributed by atoms with Gasteiger partial charge in [-0.15, -0.1) is 11.3 Å². The summed E-state index contributed by atoms with van der Waals surface area (Å²) in [5.41, 5.74) is 4.54. The summed E-state index contributed by atoms with van der Waals surface area (Å²) in [6, 6.07) is 8.22. The summed E-state index contributed by atoms with van der Waals surface area (Å²) < 4.78 is 7.55. The number of thiophene rings is 1. The number of fused-ring (bicyclic) bond motifs is 1. The highest BCUT2D eigenvalue weighted by Crippen LogP contribution is 2.27. The number of nitrogens with zero attached hydrogens (tertiary/aromatic N) is 2. The smallest absolute Gasteiger partial charge is 0.265 e. The summed E-state index contributed by atoms with van der Waals surface area (Å²) in [5.74, 6) is 0.773. The number of ether oxygens (including phenoxy) is 1. The topological polar surface area (TPSA) is 56.2 Å². The molecule has 0 fully saturated rings. The number of benzene rings is 1. The minimum Gasteiger partial charge on any atom is -0.489 e. The van der Waals surface area contributed by atoms with Crippen LogP contribution in [-0.2, 0) is 26.5 Å². The number of amides is 1. The van der Waals surface area contributed by atoms with Gasteiger partial charge in [0, 0.05) is 18.8 Å². The maximum Gasteiger partial charge on any atom is 0.265 e. The van der Waals surface area contributed by atoms with E-state index in [1.807, 2.05) is 24.6 Å². The van der Waals surface area contributed by atoms with Crippen molar-refractivity contribution < 1.29 is 9.53 Å². The van der Waals surface area contributed by atoms with Gasteiger partial charge in [0.05, 0.1) is 16.8 Å². The van der Waals surface area contributed by atoms with Gasteiger partial charge in [-0.3, -0.25) is 9.48 Å². The fraction of sp³-hybridized carbons (Fsp3) is 0.263. The molecule has 5 nitrogen and oxygen atoms in total. The zero-order valence-corrected chi connectivity index (χ0v) is 14.8. The Kier molecular flexibility index (Phi) is 4.28. The van der Waals surface area contributed by atoms with E-state index >= 15 is 0 Å². The predicted molar refractivity (Wildman–Crippen MR) is 98.3 cm³/mol. The normalized spacial score (nSPS) is 12.8.